The van der Waals surface area contributed by atoms with E-state index in [1.807, 2.05) is 24.3 Å². The van der Waals surface area contributed by atoms with E-state index in [1.165, 1.54) is 30.0 Å². The van der Waals surface area contributed by atoms with Crippen LogP contribution in [0.1, 0.15) is 60.1 Å². The largest absolute Gasteiger partial charge is 0.478 e. The first-order chi connectivity index (χ1) is 21.8. The lowest BCUT2D eigenvalue weighted by Gasteiger charge is -2.55. The number of fused-ring (bicyclic) bond motifs is 2. The van der Waals surface area contributed by atoms with Crippen molar-refractivity contribution in [1.82, 2.24) is 4.57 Å². The Labute approximate surface area is 272 Å². The Morgan fingerprint density at radius 1 is 0.867 bits per heavy atom. The molecule has 0 aliphatic heterocycles. The van der Waals surface area contributed by atoms with E-state index in [9.17, 15) is 14.7 Å². The SMILES string of the molecule is O=C(O)c1ccc(Cn2c(CSc3ccc4ccccc4c3)c(Cl)c3cc(NC(=O)C45CC6CC(CC(C6)C4)C5)ccc32)cc1. The lowest BCUT2D eigenvalue weighted by Crippen LogP contribution is -2.51. The number of carboxylic acid groups (broad SMARTS) is 1. The number of carbonyl (C=O) groups is 2. The fourth-order valence-electron chi connectivity index (χ4n) is 8.76. The van der Waals surface area contributed by atoms with Crippen molar-refractivity contribution in [3.63, 3.8) is 0 Å². The molecule has 7 heteroatoms. The van der Waals surface area contributed by atoms with Gasteiger partial charge in [0.25, 0.3) is 0 Å². The lowest BCUT2D eigenvalue weighted by atomic mass is 9.49. The standard InChI is InChI=1S/C38H35ClN2O3S/c39-35-32-17-30(40-37(44)38-18-24-13-25(19-38)15-26(14-24)20-38)10-12-33(32)41(21-23-5-7-28(8-6-23)36(42)43)34(35)22-45-31-11-9-27-3-1-2-4-29(27)16-31/h1-12,16-17,24-26H,13-15,18-22H2,(H,40,44)(H,42,43). The van der Waals surface area contributed by atoms with Gasteiger partial charge in [-0.3, -0.25) is 4.79 Å². The highest BCUT2D eigenvalue weighted by molar-refractivity contribution is 7.98. The first kappa shape index (κ1) is 28.7. The number of benzene rings is 4. The number of rotatable bonds is 8. The molecule has 4 aliphatic rings. The number of aromatic nitrogens is 1. The molecule has 4 aromatic carbocycles. The summed E-state index contributed by atoms with van der Waals surface area (Å²) >= 11 is 8.94. The number of thioether (sulfide) groups is 1. The Hall–Kier alpha value is -3.74. The van der Waals surface area contributed by atoms with Crippen LogP contribution in [0.5, 0.6) is 0 Å². The second kappa shape index (κ2) is 11.3. The van der Waals surface area contributed by atoms with E-state index >= 15 is 0 Å². The normalized spacial score (nSPS) is 23.5. The summed E-state index contributed by atoms with van der Waals surface area (Å²) in [7, 11) is 0. The average molecular weight is 635 g/mol. The Morgan fingerprint density at radius 3 is 2.24 bits per heavy atom. The van der Waals surface area contributed by atoms with Gasteiger partial charge >= 0.3 is 5.97 Å². The molecule has 0 saturated heterocycles. The van der Waals surface area contributed by atoms with Gasteiger partial charge in [0.1, 0.15) is 0 Å². The van der Waals surface area contributed by atoms with Crippen molar-refractivity contribution in [2.24, 2.45) is 23.2 Å². The number of carbonyl (C=O) groups excluding carboxylic acids is 1. The van der Waals surface area contributed by atoms with E-state index in [1.54, 1.807) is 23.9 Å². The predicted octanol–water partition coefficient (Wildman–Crippen LogP) is 9.64. The van der Waals surface area contributed by atoms with Crippen LogP contribution in [0.2, 0.25) is 5.02 Å². The number of anilines is 1. The van der Waals surface area contributed by atoms with Gasteiger partial charge in [0, 0.05) is 34.0 Å². The van der Waals surface area contributed by atoms with Gasteiger partial charge in [-0.2, -0.15) is 0 Å². The Bertz CT molecular complexity index is 1930. The third-order valence-electron chi connectivity index (χ3n) is 10.5. The van der Waals surface area contributed by atoms with Crippen molar-refractivity contribution in [1.29, 1.82) is 0 Å². The highest BCUT2D eigenvalue weighted by Gasteiger charge is 2.54. The molecule has 0 unspecified atom stereocenters. The molecule has 0 atom stereocenters. The molecule has 4 aliphatic carbocycles. The number of hydrogen-bond donors (Lipinski definition) is 2. The van der Waals surface area contributed by atoms with Crippen LogP contribution in [0.4, 0.5) is 5.69 Å². The van der Waals surface area contributed by atoms with Crippen LogP contribution in [0.3, 0.4) is 0 Å². The Morgan fingerprint density at radius 2 is 1.56 bits per heavy atom. The summed E-state index contributed by atoms with van der Waals surface area (Å²) in [6.45, 7) is 0.551. The zero-order chi connectivity index (χ0) is 30.7. The van der Waals surface area contributed by atoms with Gasteiger partial charge in [-0.05, 0) is 115 Å². The number of nitrogens with zero attached hydrogens (tertiary/aromatic N) is 1. The molecule has 4 fully saturated rings. The number of aromatic carboxylic acids is 1. The molecule has 4 bridgehead atoms. The summed E-state index contributed by atoms with van der Waals surface area (Å²) in [5, 5.41) is 16.7. The van der Waals surface area contributed by atoms with Crippen molar-refractivity contribution in [2.75, 3.05) is 5.32 Å². The van der Waals surface area contributed by atoms with Crippen LogP contribution in [0.25, 0.3) is 21.7 Å². The van der Waals surface area contributed by atoms with Crippen molar-refractivity contribution in [2.45, 2.75) is 55.7 Å². The van der Waals surface area contributed by atoms with E-state index < -0.39 is 5.97 Å². The van der Waals surface area contributed by atoms with Crippen molar-refractivity contribution in [3.05, 3.63) is 107 Å². The molecule has 1 heterocycles. The van der Waals surface area contributed by atoms with Crippen molar-refractivity contribution >= 4 is 62.6 Å². The van der Waals surface area contributed by atoms with Gasteiger partial charge < -0.3 is 15.0 Å². The maximum Gasteiger partial charge on any atom is 0.335 e. The summed E-state index contributed by atoms with van der Waals surface area (Å²) in [5.74, 6) is 2.03. The fourth-order valence-corrected chi connectivity index (χ4v) is 10.1. The summed E-state index contributed by atoms with van der Waals surface area (Å²) in [5.41, 5.74) is 3.82. The minimum absolute atomic E-state index is 0.183. The quantitative estimate of drug-likeness (QED) is 0.167. The summed E-state index contributed by atoms with van der Waals surface area (Å²) in [4.78, 5) is 26.4. The molecule has 1 aromatic heterocycles. The highest BCUT2D eigenvalue weighted by Crippen LogP contribution is 2.60. The second-order valence-electron chi connectivity index (χ2n) is 13.5. The van der Waals surface area contributed by atoms with Crippen LogP contribution < -0.4 is 5.32 Å². The molecular formula is C38H35ClN2O3S. The van der Waals surface area contributed by atoms with E-state index in [0.717, 1.165) is 52.0 Å². The summed E-state index contributed by atoms with van der Waals surface area (Å²) < 4.78 is 2.23. The molecule has 0 spiro atoms. The van der Waals surface area contributed by atoms with Crippen LogP contribution in [-0.2, 0) is 17.1 Å². The summed E-state index contributed by atoms with van der Waals surface area (Å²) in [6, 6.07) is 28.0. The monoisotopic (exact) mass is 634 g/mol. The van der Waals surface area contributed by atoms with E-state index in [2.05, 4.69) is 58.4 Å². The average Bonchev–Trinajstić information content (AvgIpc) is 3.28. The third-order valence-corrected chi connectivity index (χ3v) is 11.9. The molecule has 5 aromatic rings. The molecule has 4 saturated carbocycles. The van der Waals surface area contributed by atoms with Crippen LogP contribution in [-0.4, -0.2) is 21.6 Å². The lowest BCUT2D eigenvalue weighted by molar-refractivity contribution is -0.140. The number of carboxylic acids is 1. The Kier molecular flexibility index (Phi) is 7.18. The topological polar surface area (TPSA) is 71.3 Å². The van der Waals surface area contributed by atoms with Gasteiger partial charge in [0.2, 0.25) is 5.91 Å². The minimum atomic E-state index is -0.938. The van der Waals surface area contributed by atoms with E-state index in [0.29, 0.717) is 35.1 Å². The molecule has 9 rings (SSSR count). The van der Waals surface area contributed by atoms with Gasteiger partial charge in [-0.25, -0.2) is 4.79 Å². The number of hydrogen-bond acceptors (Lipinski definition) is 3. The first-order valence-electron chi connectivity index (χ1n) is 15.9. The molecule has 0 radical (unpaired) electrons. The number of amides is 1. The minimum Gasteiger partial charge on any atom is -0.478 e. The van der Waals surface area contributed by atoms with Crippen LogP contribution in [0.15, 0.2) is 89.8 Å². The van der Waals surface area contributed by atoms with Gasteiger partial charge in [-0.15, -0.1) is 11.8 Å². The number of nitrogens with one attached hydrogen (secondary N) is 1. The maximum atomic E-state index is 13.8. The third kappa shape index (κ3) is 5.32. The Balaban J connectivity index is 1.11. The summed E-state index contributed by atoms with van der Waals surface area (Å²) in [6.07, 6.45) is 7.00. The van der Waals surface area contributed by atoms with Gasteiger partial charge in [0.05, 0.1) is 21.5 Å². The van der Waals surface area contributed by atoms with Crippen molar-refractivity contribution < 1.29 is 14.7 Å². The maximum absolute atomic E-state index is 13.8. The highest BCUT2D eigenvalue weighted by atomic mass is 35.5. The molecule has 5 nitrogen and oxygen atoms in total. The zero-order valence-electron chi connectivity index (χ0n) is 25.0. The molecule has 45 heavy (non-hydrogen) atoms. The molecule has 2 N–H and O–H groups in total. The smallest absolute Gasteiger partial charge is 0.335 e. The van der Waals surface area contributed by atoms with Crippen LogP contribution in [0, 0.1) is 23.2 Å². The fraction of sp³-hybridized carbons (Fsp3) is 0.316. The van der Waals surface area contributed by atoms with Gasteiger partial charge in [-0.1, -0.05) is 54.1 Å². The molecule has 1 amide bonds. The van der Waals surface area contributed by atoms with Crippen LogP contribution >= 0.6 is 23.4 Å². The van der Waals surface area contributed by atoms with Crippen molar-refractivity contribution in [3.8, 4) is 0 Å². The molecular weight excluding hydrogens is 600 g/mol. The van der Waals surface area contributed by atoms with E-state index in [-0.39, 0.29) is 16.9 Å². The second-order valence-corrected chi connectivity index (χ2v) is 15.0. The first-order valence-corrected chi connectivity index (χ1v) is 17.3. The molecule has 228 valence electrons. The number of halogens is 1. The van der Waals surface area contributed by atoms with Gasteiger partial charge in [0.15, 0.2) is 0 Å². The predicted molar refractivity (Wildman–Crippen MR) is 182 cm³/mol. The van der Waals surface area contributed by atoms with E-state index in [4.69, 9.17) is 11.6 Å². The zero-order valence-corrected chi connectivity index (χ0v) is 26.5.